The van der Waals surface area contributed by atoms with Crippen LogP contribution in [-0.2, 0) is 6.61 Å². The minimum Gasteiger partial charge on any atom is -0.487 e. The van der Waals surface area contributed by atoms with Gasteiger partial charge in [0.05, 0.1) is 12.0 Å². The van der Waals surface area contributed by atoms with Crippen molar-refractivity contribution in [2.24, 2.45) is 0 Å². The van der Waals surface area contributed by atoms with Gasteiger partial charge in [0.2, 0.25) is 0 Å². The van der Waals surface area contributed by atoms with Crippen molar-refractivity contribution < 1.29 is 13.9 Å². The van der Waals surface area contributed by atoms with Crippen molar-refractivity contribution in [1.29, 1.82) is 0 Å². The number of aromatic amines is 1. The predicted octanol–water partition coefficient (Wildman–Crippen LogP) is 1.84. The topological polar surface area (TPSA) is 115 Å². The van der Waals surface area contributed by atoms with Crippen LogP contribution in [-0.4, -0.2) is 25.5 Å². The number of nitrogens with one attached hydrogen (secondary N) is 2. The van der Waals surface area contributed by atoms with Crippen LogP contribution in [0, 0.1) is 0 Å². The van der Waals surface area contributed by atoms with Gasteiger partial charge in [0.25, 0.3) is 17.2 Å². The number of furan rings is 1. The molecule has 0 saturated heterocycles. The Bertz CT molecular complexity index is 1100. The van der Waals surface area contributed by atoms with Gasteiger partial charge in [-0.15, -0.1) is 0 Å². The number of benzene rings is 1. The number of fused-ring (bicyclic) bond motifs is 1. The second-order valence-electron chi connectivity index (χ2n) is 5.35. The number of hydrogen-bond acceptors (Lipinski definition) is 6. The van der Waals surface area contributed by atoms with E-state index in [-0.39, 0.29) is 29.6 Å². The Morgan fingerprint density at radius 1 is 1.27 bits per heavy atom. The number of carbonyl (C=O) groups excluding carboxylic acids is 1. The van der Waals surface area contributed by atoms with Crippen LogP contribution >= 0.6 is 0 Å². The fraction of sp³-hybridized carbons (Fsp3) is 0.0588. The molecule has 26 heavy (non-hydrogen) atoms. The molecule has 9 heteroatoms. The smallest absolute Gasteiger partial charge is 0.291 e. The second kappa shape index (κ2) is 6.55. The standard InChI is InChI=1S/C17H13N5O4/c23-15-8-12(21-17-18-10-19-22(15)17)9-26-13-5-3-11(4-6-13)20-16(24)14-2-1-7-25-14/h1-8,10H,9H2,(H,20,24)(H,18,19,21). The largest absolute Gasteiger partial charge is 0.487 e. The first-order valence-electron chi connectivity index (χ1n) is 7.69. The van der Waals surface area contributed by atoms with Gasteiger partial charge < -0.3 is 14.5 Å². The zero-order chi connectivity index (χ0) is 17.9. The molecular weight excluding hydrogens is 338 g/mol. The maximum Gasteiger partial charge on any atom is 0.291 e. The van der Waals surface area contributed by atoms with E-state index in [1.54, 1.807) is 36.4 Å². The van der Waals surface area contributed by atoms with Crippen LogP contribution in [0.5, 0.6) is 5.75 Å². The molecule has 0 fully saturated rings. The summed E-state index contributed by atoms with van der Waals surface area (Å²) in [5.41, 5.74) is 0.812. The maximum atomic E-state index is 11.9. The first-order chi connectivity index (χ1) is 12.7. The molecule has 0 bridgehead atoms. The first kappa shape index (κ1) is 15.6. The van der Waals surface area contributed by atoms with Gasteiger partial charge in [0.15, 0.2) is 5.76 Å². The van der Waals surface area contributed by atoms with E-state index in [2.05, 4.69) is 20.4 Å². The molecule has 1 aromatic carbocycles. The molecule has 0 aliphatic heterocycles. The van der Waals surface area contributed by atoms with Gasteiger partial charge in [-0.2, -0.15) is 4.52 Å². The maximum absolute atomic E-state index is 11.9. The van der Waals surface area contributed by atoms with Crippen molar-refractivity contribution in [3.63, 3.8) is 0 Å². The highest BCUT2D eigenvalue weighted by Crippen LogP contribution is 2.17. The molecule has 1 amide bonds. The van der Waals surface area contributed by atoms with Gasteiger partial charge in [0, 0.05) is 11.8 Å². The molecule has 4 aromatic rings. The highest BCUT2D eigenvalue weighted by atomic mass is 16.5. The molecule has 3 heterocycles. The third kappa shape index (κ3) is 3.18. The van der Waals surface area contributed by atoms with Crippen LogP contribution in [0.15, 0.2) is 64.3 Å². The van der Waals surface area contributed by atoms with E-state index in [1.807, 2.05) is 0 Å². The minimum absolute atomic E-state index is 0.122. The number of nitrogens with zero attached hydrogens (tertiary/aromatic N) is 3. The lowest BCUT2D eigenvalue weighted by atomic mass is 10.3. The van der Waals surface area contributed by atoms with E-state index in [9.17, 15) is 9.59 Å². The summed E-state index contributed by atoms with van der Waals surface area (Å²) < 4.78 is 11.9. The molecule has 4 rings (SSSR count). The van der Waals surface area contributed by atoms with E-state index in [0.717, 1.165) is 0 Å². The Kier molecular flexibility index (Phi) is 3.94. The van der Waals surface area contributed by atoms with Gasteiger partial charge in [-0.1, -0.05) is 0 Å². The van der Waals surface area contributed by atoms with E-state index in [1.165, 1.54) is 23.2 Å². The molecule has 0 aliphatic rings. The molecule has 0 aliphatic carbocycles. The molecular formula is C17H13N5O4. The summed E-state index contributed by atoms with van der Waals surface area (Å²) in [4.78, 5) is 31.9. The normalized spacial score (nSPS) is 10.8. The number of carbonyl (C=O) groups is 1. The predicted molar refractivity (Wildman–Crippen MR) is 91.0 cm³/mol. The summed E-state index contributed by atoms with van der Waals surface area (Å²) in [5.74, 6) is 0.759. The van der Waals surface area contributed by atoms with Crippen LogP contribution < -0.4 is 15.6 Å². The van der Waals surface area contributed by atoms with Gasteiger partial charge in [-0.25, -0.2) is 9.97 Å². The molecule has 9 nitrogen and oxygen atoms in total. The summed E-state index contributed by atoms with van der Waals surface area (Å²) >= 11 is 0. The fourth-order valence-electron chi connectivity index (χ4n) is 2.33. The van der Waals surface area contributed by atoms with E-state index in [0.29, 0.717) is 17.1 Å². The van der Waals surface area contributed by atoms with E-state index in [4.69, 9.17) is 9.15 Å². The van der Waals surface area contributed by atoms with Crippen LogP contribution in [0.1, 0.15) is 16.2 Å². The molecule has 0 radical (unpaired) electrons. The average molecular weight is 351 g/mol. The molecule has 0 saturated carbocycles. The summed E-state index contributed by atoms with van der Waals surface area (Å²) in [5, 5.41) is 5.38. The molecule has 0 atom stereocenters. The monoisotopic (exact) mass is 351 g/mol. The molecule has 0 unspecified atom stereocenters. The van der Waals surface area contributed by atoms with Gasteiger partial charge in [-0.3, -0.25) is 14.7 Å². The zero-order valence-corrected chi connectivity index (χ0v) is 13.4. The fourth-order valence-corrected chi connectivity index (χ4v) is 2.33. The Hall–Kier alpha value is -3.88. The molecule has 0 spiro atoms. The van der Waals surface area contributed by atoms with Gasteiger partial charge in [-0.05, 0) is 36.4 Å². The quantitative estimate of drug-likeness (QED) is 0.567. The van der Waals surface area contributed by atoms with Gasteiger partial charge in [0.1, 0.15) is 18.7 Å². The molecule has 2 N–H and O–H groups in total. The number of anilines is 1. The first-order valence-corrected chi connectivity index (χ1v) is 7.69. The van der Waals surface area contributed by atoms with Crippen LogP contribution in [0.2, 0.25) is 0 Å². The van der Waals surface area contributed by atoms with Crippen molar-refractivity contribution in [1.82, 2.24) is 19.6 Å². The van der Waals surface area contributed by atoms with Crippen molar-refractivity contribution in [2.75, 3.05) is 5.32 Å². The third-order valence-corrected chi connectivity index (χ3v) is 3.56. The van der Waals surface area contributed by atoms with E-state index >= 15 is 0 Å². The number of H-pyrrole nitrogens is 1. The molecule has 130 valence electrons. The Morgan fingerprint density at radius 2 is 2.12 bits per heavy atom. The van der Waals surface area contributed by atoms with Crippen LogP contribution in [0.25, 0.3) is 5.78 Å². The zero-order valence-electron chi connectivity index (χ0n) is 13.4. The molecule has 3 aromatic heterocycles. The summed E-state index contributed by atoms with van der Waals surface area (Å²) in [7, 11) is 0. The summed E-state index contributed by atoms with van der Waals surface area (Å²) in [6.45, 7) is 0.122. The number of hydrogen-bond donors (Lipinski definition) is 2. The van der Waals surface area contributed by atoms with Crippen molar-refractivity contribution in [3.8, 4) is 5.75 Å². The Labute approximate surface area is 146 Å². The number of rotatable bonds is 5. The van der Waals surface area contributed by atoms with Crippen molar-refractivity contribution in [2.45, 2.75) is 6.61 Å². The highest BCUT2D eigenvalue weighted by molar-refractivity contribution is 6.02. The summed E-state index contributed by atoms with van der Waals surface area (Å²) in [6, 6.07) is 11.4. The lowest BCUT2D eigenvalue weighted by Gasteiger charge is -2.07. The van der Waals surface area contributed by atoms with Crippen molar-refractivity contribution >= 4 is 17.4 Å². The summed E-state index contributed by atoms with van der Waals surface area (Å²) in [6.07, 6.45) is 2.83. The minimum atomic E-state index is -0.333. The highest BCUT2D eigenvalue weighted by Gasteiger charge is 2.09. The lowest BCUT2D eigenvalue weighted by molar-refractivity contribution is 0.0996. The van der Waals surface area contributed by atoms with Gasteiger partial charge >= 0.3 is 0 Å². The lowest BCUT2D eigenvalue weighted by Crippen LogP contribution is -2.16. The van der Waals surface area contributed by atoms with Crippen LogP contribution in [0.4, 0.5) is 5.69 Å². The average Bonchev–Trinajstić information content (AvgIpc) is 3.33. The number of aromatic nitrogens is 4. The number of amides is 1. The van der Waals surface area contributed by atoms with Crippen LogP contribution in [0.3, 0.4) is 0 Å². The third-order valence-electron chi connectivity index (χ3n) is 3.56. The Balaban J connectivity index is 1.40. The van der Waals surface area contributed by atoms with E-state index < -0.39 is 0 Å². The SMILES string of the molecule is O=C(Nc1ccc(OCc2cc(=O)n3[nH]cnc3n2)cc1)c1ccco1. The van der Waals surface area contributed by atoms with Crippen molar-refractivity contribution in [3.05, 3.63) is 76.9 Å². The second-order valence-corrected chi connectivity index (χ2v) is 5.35. The Morgan fingerprint density at radius 3 is 2.88 bits per heavy atom. The number of ether oxygens (including phenoxy) is 1.